The number of nitrogens with zero attached hydrogens (tertiary/aromatic N) is 4. The molecule has 0 unspecified atom stereocenters. The van der Waals surface area contributed by atoms with E-state index < -0.39 is 10.0 Å². The minimum absolute atomic E-state index is 0.0689. The van der Waals surface area contributed by atoms with E-state index in [0.717, 1.165) is 0 Å². The Labute approximate surface area is 98.1 Å². The van der Waals surface area contributed by atoms with Gasteiger partial charge in [-0.3, -0.25) is 9.40 Å². The number of nitrogens with two attached hydrogens (primary N) is 1. The molecule has 0 bridgehead atoms. The van der Waals surface area contributed by atoms with Crippen molar-refractivity contribution in [2.45, 2.75) is 5.03 Å². The summed E-state index contributed by atoms with van der Waals surface area (Å²) in [5, 5.41) is 3.77. The lowest BCUT2D eigenvalue weighted by molar-refractivity contribution is 0.597. The fraction of sp³-hybridized carbons (Fsp3) is 0.250. The summed E-state index contributed by atoms with van der Waals surface area (Å²) in [6.07, 6.45) is 4.17. The SMILES string of the molecule is Cn1cnc(S(=O)(=O)Nc2c(N)cnn2C)c1. The molecule has 2 aromatic rings. The van der Waals surface area contributed by atoms with Crippen LogP contribution in [0.5, 0.6) is 0 Å². The molecule has 9 heteroatoms. The van der Waals surface area contributed by atoms with Crippen molar-refractivity contribution in [3.8, 4) is 0 Å². The van der Waals surface area contributed by atoms with E-state index >= 15 is 0 Å². The van der Waals surface area contributed by atoms with Gasteiger partial charge >= 0.3 is 0 Å². The molecule has 0 amide bonds. The molecule has 0 spiro atoms. The van der Waals surface area contributed by atoms with E-state index in [4.69, 9.17) is 5.73 Å². The van der Waals surface area contributed by atoms with Crippen LogP contribution < -0.4 is 10.5 Å². The third-order valence-electron chi connectivity index (χ3n) is 2.15. The second-order valence-electron chi connectivity index (χ2n) is 3.55. The Morgan fingerprint density at radius 2 is 2.12 bits per heavy atom. The van der Waals surface area contributed by atoms with E-state index in [0.29, 0.717) is 0 Å². The van der Waals surface area contributed by atoms with Crippen LogP contribution in [0.2, 0.25) is 0 Å². The van der Waals surface area contributed by atoms with Crippen LogP contribution in [-0.2, 0) is 24.1 Å². The predicted molar refractivity (Wildman–Crippen MR) is 61.6 cm³/mol. The highest BCUT2D eigenvalue weighted by Crippen LogP contribution is 2.19. The molecule has 0 fully saturated rings. The summed E-state index contributed by atoms with van der Waals surface area (Å²) in [7, 11) is -0.455. The Morgan fingerprint density at radius 3 is 2.59 bits per heavy atom. The molecule has 0 aliphatic heterocycles. The summed E-state index contributed by atoms with van der Waals surface area (Å²) in [6.45, 7) is 0. The molecule has 3 N–H and O–H groups in total. The molecule has 2 rings (SSSR count). The molecular weight excluding hydrogens is 244 g/mol. The van der Waals surface area contributed by atoms with Crippen LogP contribution in [0, 0.1) is 0 Å². The van der Waals surface area contributed by atoms with Gasteiger partial charge in [-0.2, -0.15) is 13.5 Å². The van der Waals surface area contributed by atoms with Gasteiger partial charge < -0.3 is 10.3 Å². The number of aryl methyl sites for hydroxylation is 2. The summed E-state index contributed by atoms with van der Waals surface area (Å²) in [5.41, 5.74) is 5.85. The van der Waals surface area contributed by atoms with Crippen molar-refractivity contribution in [3.05, 3.63) is 18.7 Å². The van der Waals surface area contributed by atoms with Gasteiger partial charge in [-0.05, 0) is 0 Å². The Bertz CT molecular complexity index is 621. The average molecular weight is 256 g/mol. The summed E-state index contributed by atoms with van der Waals surface area (Å²) in [6, 6.07) is 0. The number of sulfonamides is 1. The van der Waals surface area contributed by atoms with Gasteiger partial charge in [-0.15, -0.1) is 0 Å². The third kappa shape index (κ3) is 2.09. The van der Waals surface area contributed by atoms with Gasteiger partial charge in [-0.25, -0.2) is 4.98 Å². The second-order valence-corrected chi connectivity index (χ2v) is 5.18. The predicted octanol–water partition coefficient (Wildman–Crippen LogP) is -0.463. The van der Waals surface area contributed by atoms with Crippen molar-refractivity contribution in [1.82, 2.24) is 19.3 Å². The molecule has 0 aliphatic carbocycles. The highest BCUT2D eigenvalue weighted by atomic mass is 32.2. The van der Waals surface area contributed by atoms with Gasteiger partial charge in [0.25, 0.3) is 10.0 Å². The number of hydrogen-bond donors (Lipinski definition) is 2. The number of anilines is 2. The topological polar surface area (TPSA) is 108 Å². The Hall–Kier alpha value is -2.03. The standard InChI is InChI=1S/C8H12N6O2S/c1-13-4-7(10-5-13)17(15,16)12-8-6(9)3-11-14(8)2/h3-5,12H,9H2,1-2H3. The van der Waals surface area contributed by atoms with Gasteiger partial charge in [0.05, 0.1) is 18.2 Å². The number of nitrogens with one attached hydrogen (secondary N) is 1. The first-order valence-electron chi connectivity index (χ1n) is 4.68. The first kappa shape index (κ1) is 11.5. The van der Waals surface area contributed by atoms with E-state index in [1.165, 1.54) is 23.4 Å². The van der Waals surface area contributed by atoms with Crippen molar-refractivity contribution in [2.24, 2.45) is 14.1 Å². The molecule has 2 heterocycles. The molecule has 0 aromatic carbocycles. The van der Waals surface area contributed by atoms with Crippen LogP contribution in [-0.4, -0.2) is 27.7 Å². The molecule has 0 radical (unpaired) electrons. The fourth-order valence-corrected chi connectivity index (χ4v) is 2.39. The van der Waals surface area contributed by atoms with Crippen LogP contribution in [0.1, 0.15) is 0 Å². The number of hydrogen-bond acceptors (Lipinski definition) is 5. The highest BCUT2D eigenvalue weighted by molar-refractivity contribution is 7.92. The lowest BCUT2D eigenvalue weighted by Gasteiger charge is -2.06. The maximum Gasteiger partial charge on any atom is 0.282 e. The number of rotatable bonds is 3. The summed E-state index contributed by atoms with van der Waals surface area (Å²) < 4.78 is 29.1. The molecule has 8 nitrogen and oxygen atoms in total. The van der Waals surface area contributed by atoms with Crippen LogP contribution >= 0.6 is 0 Å². The van der Waals surface area contributed by atoms with Crippen molar-refractivity contribution >= 4 is 21.5 Å². The highest BCUT2D eigenvalue weighted by Gasteiger charge is 2.20. The molecular formula is C8H12N6O2S. The minimum Gasteiger partial charge on any atom is -0.394 e. The van der Waals surface area contributed by atoms with Crippen molar-refractivity contribution < 1.29 is 8.42 Å². The molecule has 0 atom stereocenters. The lowest BCUT2D eigenvalue weighted by Crippen LogP contribution is -2.16. The number of aromatic nitrogens is 4. The molecule has 0 saturated heterocycles. The van der Waals surface area contributed by atoms with Gasteiger partial charge in [-0.1, -0.05) is 0 Å². The zero-order chi connectivity index (χ0) is 12.6. The normalized spacial score (nSPS) is 11.6. The maximum atomic E-state index is 11.9. The zero-order valence-corrected chi connectivity index (χ0v) is 10.1. The van der Waals surface area contributed by atoms with Crippen LogP contribution in [0.15, 0.2) is 23.7 Å². The van der Waals surface area contributed by atoms with E-state index in [1.54, 1.807) is 18.7 Å². The summed E-state index contributed by atoms with van der Waals surface area (Å²) >= 11 is 0. The molecule has 2 aromatic heterocycles. The first-order chi connectivity index (χ1) is 7.90. The second kappa shape index (κ2) is 3.77. The smallest absolute Gasteiger partial charge is 0.282 e. The van der Waals surface area contributed by atoms with Crippen LogP contribution in [0.3, 0.4) is 0 Å². The first-order valence-corrected chi connectivity index (χ1v) is 6.17. The molecule has 17 heavy (non-hydrogen) atoms. The van der Waals surface area contributed by atoms with E-state index in [-0.39, 0.29) is 16.5 Å². The van der Waals surface area contributed by atoms with Gasteiger partial charge in [0.1, 0.15) is 0 Å². The van der Waals surface area contributed by atoms with E-state index in [1.807, 2.05) is 0 Å². The van der Waals surface area contributed by atoms with Crippen molar-refractivity contribution in [2.75, 3.05) is 10.5 Å². The molecule has 0 saturated carbocycles. The molecule has 92 valence electrons. The van der Waals surface area contributed by atoms with Crippen molar-refractivity contribution in [3.63, 3.8) is 0 Å². The number of nitrogen functional groups attached to an aromatic ring is 1. The Kier molecular flexibility index (Phi) is 2.54. The number of imidazole rings is 1. The monoisotopic (exact) mass is 256 g/mol. The van der Waals surface area contributed by atoms with Crippen molar-refractivity contribution in [1.29, 1.82) is 0 Å². The third-order valence-corrected chi connectivity index (χ3v) is 3.38. The van der Waals surface area contributed by atoms with Crippen LogP contribution in [0.4, 0.5) is 11.5 Å². The minimum atomic E-state index is -3.73. The van der Waals surface area contributed by atoms with Gasteiger partial charge in [0.2, 0.25) is 0 Å². The quantitative estimate of drug-likeness (QED) is 0.772. The van der Waals surface area contributed by atoms with Gasteiger partial charge in [0.15, 0.2) is 10.8 Å². The maximum absolute atomic E-state index is 11.9. The van der Waals surface area contributed by atoms with Crippen LogP contribution in [0.25, 0.3) is 0 Å². The zero-order valence-electron chi connectivity index (χ0n) is 9.32. The average Bonchev–Trinajstić information content (AvgIpc) is 2.80. The Balaban J connectivity index is 2.36. The molecule has 0 aliphatic rings. The summed E-state index contributed by atoms with van der Waals surface area (Å²) in [5.74, 6) is 0.218. The fourth-order valence-electron chi connectivity index (χ4n) is 1.29. The lowest BCUT2D eigenvalue weighted by atomic mass is 10.5. The van der Waals surface area contributed by atoms with E-state index in [9.17, 15) is 8.42 Å². The van der Waals surface area contributed by atoms with E-state index in [2.05, 4.69) is 14.8 Å². The largest absolute Gasteiger partial charge is 0.394 e. The summed E-state index contributed by atoms with van der Waals surface area (Å²) in [4.78, 5) is 3.77. The Morgan fingerprint density at radius 1 is 1.41 bits per heavy atom. The van der Waals surface area contributed by atoms with Gasteiger partial charge in [0, 0.05) is 20.3 Å².